The molecule has 0 aliphatic rings. The molecule has 1 atom stereocenters. The van der Waals surface area contributed by atoms with Gasteiger partial charge >= 0.3 is 0 Å². The Bertz CT molecular complexity index is 620. The third kappa shape index (κ3) is 4.25. The predicted molar refractivity (Wildman–Crippen MR) is 79.9 cm³/mol. The fourth-order valence-electron chi connectivity index (χ4n) is 1.96. The number of amides is 1. The van der Waals surface area contributed by atoms with Gasteiger partial charge in [-0.3, -0.25) is 10.1 Å². The lowest BCUT2D eigenvalue weighted by Gasteiger charge is -2.12. The second kappa shape index (κ2) is 6.32. The number of hydrogen-bond acceptors (Lipinski definition) is 5. The molecule has 6 nitrogen and oxygen atoms in total. The lowest BCUT2D eigenvalue weighted by Crippen LogP contribution is -2.37. The average molecular weight is 286 g/mol. The number of phenols is 1. The van der Waals surface area contributed by atoms with E-state index in [4.69, 9.17) is 5.73 Å². The van der Waals surface area contributed by atoms with Crippen molar-refractivity contribution >= 4 is 11.9 Å². The molecule has 0 bridgehead atoms. The van der Waals surface area contributed by atoms with Crippen molar-refractivity contribution in [2.45, 2.75) is 26.3 Å². The van der Waals surface area contributed by atoms with Gasteiger partial charge in [0.05, 0.1) is 6.04 Å². The zero-order chi connectivity index (χ0) is 15.4. The van der Waals surface area contributed by atoms with Crippen molar-refractivity contribution in [1.29, 1.82) is 0 Å². The van der Waals surface area contributed by atoms with E-state index >= 15 is 0 Å². The molecule has 1 aromatic carbocycles. The summed E-state index contributed by atoms with van der Waals surface area (Å²) in [6, 6.07) is 7.70. The molecular weight excluding hydrogens is 268 g/mol. The van der Waals surface area contributed by atoms with Gasteiger partial charge in [-0.2, -0.15) is 0 Å². The number of nitrogens with two attached hydrogens (primary N) is 1. The molecule has 4 N–H and O–H groups in total. The van der Waals surface area contributed by atoms with Crippen LogP contribution in [0.15, 0.2) is 30.3 Å². The second-order valence-electron chi connectivity index (χ2n) is 4.94. The van der Waals surface area contributed by atoms with Gasteiger partial charge in [0.2, 0.25) is 11.9 Å². The minimum Gasteiger partial charge on any atom is -0.508 e. The number of aromatic nitrogens is 2. The summed E-state index contributed by atoms with van der Waals surface area (Å²) >= 11 is 0. The molecule has 1 heterocycles. The van der Waals surface area contributed by atoms with Crippen molar-refractivity contribution in [2.75, 3.05) is 5.32 Å². The molecule has 0 radical (unpaired) electrons. The minimum absolute atomic E-state index is 0.181. The molecule has 1 aromatic heterocycles. The van der Waals surface area contributed by atoms with Crippen molar-refractivity contribution < 1.29 is 9.90 Å². The van der Waals surface area contributed by atoms with Crippen molar-refractivity contribution in [3.05, 3.63) is 47.3 Å². The number of rotatable bonds is 4. The maximum Gasteiger partial charge on any atom is 0.243 e. The molecule has 0 fully saturated rings. The number of carbonyl (C=O) groups excluding carboxylic acids is 1. The van der Waals surface area contributed by atoms with E-state index in [9.17, 15) is 9.90 Å². The molecule has 0 unspecified atom stereocenters. The van der Waals surface area contributed by atoms with E-state index < -0.39 is 6.04 Å². The van der Waals surface area contributed by atoms with Crippen LogP contribution in [0.3, 0.4) is 0 Å². The quantitative estimate of drug-likeness (QED) is 0.786. The van der Waals surface area contributed by atoms with Crippen molar-refractivity contribution in [1.82, 2.24) is 9.97 Å². The van der Waals surface area contributed by atoms with E-state index in [1.54, 1.807) is 24.3 Å². The molecule has 21 heavy (non-hydrogen) atoms. The molecule has 0 spiro atoms. The Labute approximate surface area is 123 Å². The van der Waals surface area contributed by atoms with Gasteiger partial charge in [0.25, 0.3) is 0 Å². The van der Waals surface area contributed by atoms with E-state index in [2.05, 4.69) is 15.3 Å². The molecule has 1 amide bonds. The lowest BCUT2D eigenvalue weighted by molar-refractivity contribution is -0.117. The predicted octanol–water partition coefficient (Wildman–Crippen LogP) is 1.31. The highest BCUT2D eigenvalue weighted by atomic mass is 16.3. The van der Waals surface area contributed by atoms with Gasteiger partial charge in [-0.1, -0.05) is 12.1 Å². The third-order valence-electron chi connectivity index (χ3n) is 2.95. The number of phenolic OH excluding ortho intramolecular Hbond substituents is 1. The summed E-state index contributed by atoms with van der Waals surface area (Å²) in [6.45, 7) is 3.67. The molecule has 0 aliphatic heterocycles. The van der Waals surface area contributed by atoms with Crippen LogP contribution in [-0.2, 0) is 11.2 Å². The molecule has 0 aliphatic carbocycles. The number of carbonyl (C=O) groups is 1. The van der Waals surface area contributed by atoms with Crippen LogP contribution in [0.1, 0.15) is 17.0 Å². The SMILES string of the molecule is Cc1cc(C)nc(NC(=O)[C@H](N)Cc2ccc(O)cc2)n1. The van der Waals surface area contributed by atoms with E-state index in [1.807, 2.05) is 19.9 Å². The summed E-state index contributed by atoms with van der Waals surface area (Å²) in [5.41, 5.74) is 8.32. The molecule has 110 valence electrons. The van der Waals surface area contributed by atoms with Crippen LogP contribution in [0, 0.1) is 13.8 Å². The van der Waals surface area contributed by atoms with E-state index in [0.717, 1.165) is 17.0 Å². The van der Waals surface area contributed by atoms with E-state index in [0.29, 0.717) is 6.42 Å². The largest absolute Gasteiger partial charge is 0.508 e. The molecule has 2 aromatic rings. The number of benzene rings is 1. The number of aryl methyl sites for hydroxylation is 2. The summed E-state index contributed by atoms with van der Waals surface area (Å²) in [4.78, 5) is 20.3. The Hall–Kier alpha value is -2.47. The van der Waals surface area contributed by atoms with Crippen LogP contribution in [0.2, 0.25) is 0 Å². The van der Waals surface area contributed by atoms with Crippen LogP contribution in [-0.4, -0.2) is 27.0 Å². The van der Waals surface area contributed by atoms with Gasteiger partial charge in [-0.15, -0.1) is 0 Å². The summed E-state index contributed by atoms with van der Waals surface area (Å²) in [5.74, 6) is 0.104. The molecule has 6 heteroatoms. The van der Waals surface area contributed by atoms with Crippen LogP contribution in [0.4, 0.5) is 5.95 Å². The standard InChI is InChI=1S/C15H18N4O2/c1-9-7-10(2)18-15(17-9)19-14(21)13(16)8-11-3-5-12(20)6-4-11/h3-7,13,20H,8,16H2,1-2H3,(H,17,18,19,21)/t13-/m1/s1. The fraction of sp³-hybridized carbons (Fsp3) is 0.267. The lowest BCUT2D eigenvalue weighted by atomic mass is 10.1. The first-order valence-corrected chi connectivity index (χ1v) is 6.60. The van der Waals surface area contributed by atoms with Crippen molar-refractivity contribution in [3.63, 3.8) is 0 Å². The molecule has 2 rings (SSSR count). The topological polar surface area (TPSA) is 101 Å². The first-order valence-electron chi connectivity index (χ1n) is 6.60. The first kappa shape index (κ1) is 14.9. The van der Waals surface area contributed by atoms with Crippen LogP contribution in [0.5, 0.6) is 5.75 Å². The highest BCUT2D eigenvalue weighted by molar-refractivity contribution is 5.93. The second-order valence-corrected chi connectivity index (χ2v) is 4.94. The van der Waals surface area contributed by atoms with E-state index in [-0.39, 0.29) is 17.6 Å². The zero-order valence-electron chi connectivity index (χ0n) is 12.0. The molecular formula is C15H18N4O2. The van der Waals surface area contributed by atoms with Gasteiger partial charge in [-0.05, 0) is 44.0 Å². The minimum atomic E-state index is -0.709. The Morgan fingerprint density at radius 3 is 2.38 bits per heavy atom. The van der Waals surface area contributed by atoms with Crippen LogP contribution < -0.4 is 11.1 Å². The summed E-state index contributed by atoms with van der Waals surface area (Å²) in [7, 11) is 0. The van der Waals surface area contributed by atoms with Crippen molar-refractivity contribution in [3.8, 4) is 5.75 Å². The van der Waals surface area contributed by atoms with Gasteiger partial charge in [-0.25, -0.2) is 9.97 Å². The highest BCUT2D eigenvalue weighted by Gasteiger charge is 2.15. The number of nitrogens with one attached hydrogen (secondary N) is 1. The first-order chi connectivity index (χ1) is 9.94. The third-order valence-corrected chi connectivity index (χ3v) is 2.95. The fourth-order valence-corrected chi connectivity index (χ4v) is 1.96. The Morgan fingerprint density at radius 2 is 1.81 bits per heavy atom. The van der Waals surface area contributed by atoms with E-state index in [1.165, 1.54) is 0 Å². The zero-order valence-corrected chi connectivity index (χ0v) is 12.0. The highest BCUT2D eigenvalue weighted by Crippen LogP contribution is 2.11. The van der Waals surface area contributed by atoms with Crippen LogP contribution >= 0.6 is 0 Å². The van der Waals surface area contributed by atoms with Crippen molar-refractivity contribution in [2.24, 2.45) is 5.73 Å². The monoisotopic (exact) mass is 286 g/mol. The Kier molecular flexibility index (Phi) is 4.49. The van der Waals surface area contributed by atoms with Gasteiger partial charge in [0.15, 0.2) is 0 Å². The smallest absolute Gasteiger partial charge is 0.243 e. The maximum atomic E-state index is 12.0. The molecule has 0 saturated heterocycles. The summed E-state index contributed by atoms with van der Waals surface area (Å²) in [5, 5.41) is 11.8. The number of hydrogen-bond donors (Lipinski definition) is 3. The maximum absolute atomic E-state index is 12.0. The summed E-state index contributed by atoms with van der Waals surface area (Å²) in [6.07, 6.45) is 0.372. The number of anilines is 1. The number of nitrogens with zero attached hydrogens (tertiary/aromatic N) is 2. The Morgan fingerprint density at radius 1 is 1.24 bits per heavy atom. The number of aromatic hydroxyl groups is 1. The average Bonchev–Trinajstić information content (AvgIpc) is 2.40. The van der Waals surface area contributed by atoms with Gasteiger partial charge in [0.1, 0.15) is 5.75 Å². The normalized spacial score (nSPS) is 12.0. The Balaban J connectivity index is 2.00. The summed E-state index contributed by atoms with van der Waals surface area (Å²) < 4.78 is 0. The van der Waals surface area contributed by atoms with Gasteiger partial charge < -0.3 is 10.8 Å². The van der Waals surface area contributed by atoms with Crippen LogP contribution in [0.25, 0.3) is 0 Å². The molecule has 0 saturated carbocycles. The van der Waals surface area contributed by atoms with Gasteiger partial charge in [0, 0.05) is 11.4 Å².